The average Bonchev–Trinajstić information content (AvgIpc) is 2.68. The highest BCUT2D eigenvalue weighted by molar-refractivity contribution is 5.84. The summed E-state index contributed by atoms with van der Waals surface area (Å²) in [5, 5.41) is 1.49. The summed E-state index contributed by atoms with van der Waals surface area (Å²) in [6, 6.07) is 8.72. The Hall–Kier alpha value is -1.71. The fourth-order valence-electron chi connectivity index (χ4n) is 5.67. The summed E-state index contributed by atoms with van der Waals surface area (Å²) in [6.45, 7) is -0.734. The second-order valence-corrected chi connectivity index (χ2v) is 8.77. The van der Waals surface area contributed by atoms with E-state index in [1.807, 2.05) is 12.1 Å². The van der Waals surface area contributed by atoms with Crippen LogP contribution in [0.3, 0.4) is 0 Å². The van der Waals surface area contributed by atoms with Gasteiger partial charge in [0, 0.05) is 0 Å². The topological polar surface area (TPSA) is 9.23 Å². The molecule has 0 saturated heterocycles. The third kappa shape index (κ3) is 4.16. The lowest BCUT2D eigenvalue weighted by Gasteiger charge is -2.42. The summed E-state index contributed by atoms with van der Waals surface area (Å²) in [5.74, 6) is 2.03. The molecule has 2 saturated carbocycles. The van der Waals surface area contributed by atoms with Gasteiger partial charge in [0.2, 0.25) is 0 Å². The van der Waals surface area contributed by atoms with Gasteiger partial charge in [0.1, 0.15) is 0 Å². The van der Waals surface area contributed by atoms with Crippen LogP contribution in [0.5, 0.6) is 5.75 Å². The zero-order valence-corrected chi connectivity index (χ0v) is 16.5. The standard InChI is InChI=1S/C24H29F3O/c1-2-3-15-4-5-17-11-18(7-6-16(17)10-15)19-8-9-20-14-23(28-24(26)27)22(25)13-21(20)12-19/h8-9,12-18,24H,2-7,10-11H2,1H3/t15-,16?,17-,18?/m1/s1. The van der Waals surface area contributed by atoms with Crippen molar-refractivity contribution in [2.75, 3.05) is 0 Å². The number of benzene rings is 2. The summed E-state index contributed by atoms with van der Waals surface area (Å²) in [5.41, 5.74) is 1.25. The molecule has 152 valence electrons. The van der Waals surface area contributed by atoms with Gasteiger partial charge in [-0.2, -0.15) is 8.78 Å². The van der Waals surface area contributed by atoms with E-state index in [2.05, 4.69) is 17.7 Å². The smallest absolute Gasteiger partial charge is 0.387 e. The molecule has 0 N–H and O–H groups in total. The number of ether oxygens (including phenoxy) is 1. The van der Waals surface area contributed by atoms with Crippen molar-refractivity contribution in [2.45, 2.75) is 70.8 Å². The maximum atomic E-state index is 14.1. The van der Waals surface area contributed by atoms with Gasteiger partial charge in [-0.25, -0.2) is 4.39 Å². The van der Waals surface area contributed by atoms with E-state index in [0.29, 0.717) is 5.92 Å². The third-order valence-corrected chi connectivity index (χ3v) is 7.02. The SMILES string of the molecule is CCC[C@@H]1CC[C@@H]2CC(c3ccc4cc(OC(F)F)c(F)cc4c3)CCC2C1. The van der Waals surface area contributed by atoms with Crippen molar-refractivity contribution >= 4 is 10.8 Å². The largest absolute Gasteiger partial charge is 0.432 e. The molecule has 4 rings (SSSR count). The van der Waals surface area contributed by atoms with Crippen LogP contribution < -0.4 is 4.74 Å². The molecule has 4 atom stereocenters. The predicted molar refractivity (Wildman–Crippen MR) is 106 cm³/mol. The third-order valence-electron chi connectivity index (χ3n) is 7.02. The molecule has 0 aromatic heterocycles. The average molecular weight is 390 g/mol. The first-order chi connectivity index (χ1) is 13.5. The van der Waals surface area contributed by atoms with E-state index in [0.717, 1.165) is 28.5 Å². The Kier molecular flexibility index (Phi) is 5.84. The summed E-state index contributed by atoms with van der Waals surface area (Å²) >= 11 is 0. The van der Waals surface area contributed by atoms with Crippen molar-refractivity contribution in [1.29, 1.82) is 0 Å². The highest BCUT2D eigenvalue weighted by Crippen LogP contribution is 2.48. The molecule has 0 spiro atoms. The van der Waals surface area contributed by atoms with Crippen molar-refractivity contribution in [2.24, 2.45) is 17.8 Å². The summed E-state index contributed by atoms with van der Waals surface area (Å²) in [6.07, 6.45) is 10.5. The lowest BCUT2D eigenvalue weighted by Crippen LogP contribution is -2.30. The van der Waals surface area contributed by atoms with Gasteiger partial charge < -0.3 is 4.74 Å². The normalized spacial score (nSPS) is 27.8. The van der Waals surface area contributed by atoms with Gasteiger partial charge in [0.15, 0.2) is 11.6 Å². The number of hydrogen-bond acceptors (Lipinski definition) is 1. The molecular weight excluding hydrogens is 361 g/mol. The zero-order valence-electron chi connectivity index (χ0n) is 16.5. The van der Waals surface area contributed by atoms with Gasteiger partial charge in [-0.05, 0) is 84.2 Å². The van der Waals surface area contributed by atoms with Crippen molar-refractivity contribution in [3.05, 3.63) is 41.7 Å². The van der Waals surface area contributed by atoms with Crippen molar-refractivity contribution in [3.8, 4) is 5.75 Å². The van der Waals surface area contributed by atoms with Gasteiger partial charge >= 0.3 is 6.61 Å². The number of alkyl halides is 2. The summed E-state index contributed by atoms with van der Waals surface area (Å²) in [7, 11) is 0. The molecule has 0 aliphatic heterocycles. The minimum atomic E-state index is -3.02. The first kappa shape index (κ1) is 19.6. The molecule has 0 amide bonds. The summed E-state index contributed by atoms with van der Waals surface area (Å²) < 4.78 is 43.2. The molecule has 28 heavy (non-hydrogen) atoms. The maximum absolute atomic E-state index is 14.1. The second kappa shape index (κ2) is 8.34. The Bertz CT molecular complexity index is 819. The Morgan fingerprint density at radius 1 is 0.964 bits per heavy atom. The molecule has 2 aromatic rings. The number of rotatable bonds is 5. The molecule has 0 bridgehead atoms. The monoisotopic (exact) mass is 390 g/mol. The van der Waals surface area contributed by atoms with Crippen molar-refractivity contribution in [3.63, 3.8) is 0 Å². The van der Waals surface area contributed by atoms with Crippen LogP contribution in [0, 0.1) is 23.6 Å². The van der Waals surface area contributed by atoms with Gasteiger partial charge in [-0.3, -0.25) is 0 Å². The molecule has 0 heterocycles. The Morgan fingerprint density at radius 2 is 1.75 bits per heavy atom. The molecule has 2 unspecified atom stereocenters. The van der Waals surface area contributed by atoms with Crippen LogP contribution in [0.2, 0.25) is 0 Å². The zero-order chi connectivity index (χ0) is 19.7. The van der Waals surface area contributed by atoms with E-state index in [1.54, 1.807) is 0 Å². The molecular formula is C24H29F3O. The lowest BCUT2D eigenvalue weighted by atomic mass is 9.63. The molecule has 0 radical (unpaired) electrons. The van der Waals surface area contributed by atoms with E-state index in [9.17, 15) is 13.2 Å². The van der Waals surface area contributed by atoms with E-state index < -0.39 is 12.4 Å². The van der Waals surface area contributed by atoms with E-state index in [4.69, 9.17) is 0 Å². The lowest BCUT2D eigenvalue weighted by molar-refractivity contribution is -0.0520. The van der Waals surface area contributed by atoms with Crippen LogP contribution in [0.15, 0.2) is 30.3 Å². The Morgan fingerprint density at radius 3 is 2.54 bits per heavy atom. The van der Waals surface area contributed by atoms with Crippen molar-refractivity contribution in [1.82, 2.24) is 0 Å². The quantitative estimate of drug-likeness (QED) is 0.509. The van der Waals surface area contributed by atoms with Gasteiger partial charge in [-0.15, -0.1) is 0 Å². The minimum absolute atomic E-state index is 0.389. The van der Waals surface area contributed by atoms with Crippen LogP contribution in [0.1, 0.15) is 69.8 Å². The van der Waals surface area contributed by atoms with Crippen LogP contribution in [0.4, 0.5) is 13.2 Å². The fourth-order valence-corrected chi connectivity index (χ4v) is 5.67. The number of fused-ring (bicyclic) bond motifs is 2. The molecule has 2 aliphatic rings. The summed E-state index contributed by atoms with van der Waals surface area (Å²) in [4.78, 5) is 0. The number of halogens is 3. The molecule has 2 fully saturated rings. The molecule has 1 nitrogen and oxygen atoms in total. The molecule has 4 heteroatoms. The highest BCUT2D eigenvalue weighted by Gasteiger charge is 2.35. The van der Waals surface area contributed by atoms with E-state index in [1.165, 1.54) is 69.1 Å². The van der Waals surface area contributed by atoms with Crippen LogP contribution in [-0.4, -0.2) is 6.61 Å². The minimum Gasteiger partial charge on any atom is -0.432 e. The van der Waals surface area contributed by atoms with Crippen molar-refractivity contribution < 1.29 is 17.9 Å². The highest BCUT2D eigenvalue weighted by atomic mass is 19.3. The fraction of sp³-hybridized carbons (Fsp3) is 0.583. The van der Waals surface area contributed by atoms with E-state index in [-0.39, 0.29) is 5.75 Å². The Balaban J connectivity index is 1.49. The first-order valence-corrected chi connectivity index (χ1v) is 10.7. The Labute approximate surface area is 165 Å². The van der Waals surface area contributed by atoms with Gasteiger partial charge in [-0.1, -0.05) is 44.4 Å². The predicted octanol–water partition coefficient (Wildman–Crippen LogP) is 7.68. The molecule has 2 aromatic carbocycles. The van der Waals surface area contributed by atoms with Gasteiger partial charge in [0.05, 0.1) is 0 Å². The van der Waals surface area contributed by atoms with E-state index >= 15 is 0 Å². The number of hydrogen-bond donors (Lipinski definition) is 0. The van der Waals surface area contributed by atoms with Gasteiger partial charge in [0.25, 0.3) is 0 Å². The second-order valence-electron chi connectivity index (χ2n) is 8.77. The maximum Gasteiger partial charge on any atom is 0.387 e. The van der Waals surface area contributed by atoms with Crippen LogP contribution in [-0.2, 0) is 0 Å². The first-order valence-electron chi connectivity index (χ1n) is 10.7. The molecule has 2 aliphatic carbocycles. The van der Waals surface area contributed by atoms with Crippen LogP contribution >= 0.6 is 0 Å². The van der Waals surface area contributed by atoms with Crippen LogP contribution in [0.25, 0.3) is 10.8 Å².